The van der Waals surface area contributed by atoms with Gasteiger partial charge in [0.05, 0.1) is 11.4 Å². The molecule has 0 amide bonds. The lowest BCUT2D eigenvalue weighted by Gasteiger charge is -2.44. The van der Waals surface area contributed by atoms with Crippen LogP contribution in [0.15, 0.2) is 150 Å². The fourth-order valence-electron chi connectivity index (χ4n) is 11.9. The summed E-state index contributed by atoms with van der Waals surface area (Å²) < 4.78 is 2.80. The summed E-state index contributed by atoms with van der Waals surface area (Å²) in [6.45, 7) is 30.9. The number of hydrogen-bond donors (Lipinski definition) is 0. The minimum atomic E-state index is -0.929. The molecule has 1 aliphatic carbocycles. The maximum absolute atomic E-state index is 2.68. The van der Waals surface area contributed by atoms with E-state index in [0.717, 1.165) is 17.1 Å². The van der Waals surface area contributed by atoms with Gasteiger partial charge in [0.2, 0.25) is 0 Å². The Hall–Kier alpha value is -5.69. The summed E-state index contributed by atoms with van der Waals surface area (Å²) in [5.41, 5.74) is 20.6. The van der Waals surface area contributed by atoms with E-state index in [4.69, 9.17) is 0 Å². The monoisotopic (exact) mass is 998 g/mol. The average molecular weight is 998 g/mol. The van der Waals surface area contributed by atoms with Crippen molar-refractivity contribution in [2.75, 3.05) is 33.5 Å². The van der Waals surface area contributed by atoms with Gasteiger partial charge in [0, 0.05) is 54.7 Å². The van der Waals surface area contributed by atoms with Gasteiger partial charge in [-0.2, -0.15) is 0 Å². The number of thiophene rings is 1. The van der Waals surface area contributed by atoms with Gasteiger partial charge in [0.25, 0.3) is 6.71 Å². The molecule has 3 nitrogen and oxygen atoms in total. The molecule has 3 aliphatic rings. The number of anilines is 9. The lowest BCUT2D eigenvalue weighted by molar-refractivity contribution is 0.332. The van der Waals surface area contributed by atoms with Crippen molar-refractivity contribution in [3.8, 4) is 0 Å². The Balaban J connectivity index is 1.29. The highest BCUT2D eigenvalue weighted by Crippen LogP contribution is 2.54. The highest BCUT2D eigenvalue weighted by atomic mass is 32.3. The molecule has 6 heteroatoms. The van der Waals surface area contributed by atoms with Crippen LogP contribution in [0.5, 0.6) is 0 Å². The minimum absolute atomic E-state index is 0.00350. The van der Waals surface area contributed by atoms with E-state index in [1.807, 2.05) is 11.3 Å². The first-order chi connectivity index (χ1) is 34.2. The van der Waals surface area contributed by atoms with Crippen LogP contribution in [0.3, 0.4) is 0 Å². The predicted molar refractivity (Wildman–Crippen MR) is 326 cm³/mol. The summed E-state index contributed by atoms with van der Waals surface area (Å²) in [5, 5.41) is 1.36. The molecule has 0 saturated carbocycles. The van der Waals surface area contributed by atoms with Crippen LogP contribution in [0.1, 0.15) is 131 Å². The van der Waals surface area contributed by atoms with Crippen LogP contribution in [0, 0.1) is 0 Å². The summed E-state index contributed by atoms with van der Waals surface area (Å²) in [5.74, 6) is 0. The highest BCUT2D eigenvalue weighted by molar-refractivity contribution is 8.32. The summed E-state index contributed by atoms with van der Waals surface area (Å²) in [6, 6.07) is 57.2. The zero-order valence-corrected chi connectivity index (χ0v) is 48.1. The molecule has 0 N–H and O–H groups in total. The van der Waals surface area contributed by atoms with Gasteiger partial charge in [0.15, 0.2) is 0 Å². The molecule has 0 radical (unpaired) electrons. The third-order valence-corrected chi connectivity index (χ3v) is 19.4. The third kappa shape index (κ3) is 8.44. The number of nitrogens with zero attached hydrogens (tertiary/aromatic N) is 3. The second kappa shape index (κ2) is 16.9. The van der Waals surface area contributed by atoms with Crippen LogP contribution < -0.4 is 30.4 Å². The average Bonchev–Trinajstić information content (AvgIpc) is 3.70. The second-order valence-corrected chi connectivity index (χ2v) is 31.8. The first kappa shape index (κ1) is 49.5. The van der Waals surface area contributed by atoms with E-state index >= 15 is 0 Å². The van der Waals surface area contributed by atoms with Crippen molar-refractivity contribution in [2.45, 2.75) is 135 Å². The van der Waals surface area contributed by atoms with Gasteiger partial charge < -0.3 is 14.7 Å². The Kier molecular flexibility index (Phi) is 11.5. The molecule has 0 spiro atoms. The standard InChI is InChI=1S/C67H76BN3S2/c1-63(2,3)43-22-27-48(28-23-43)70-56-35-26-45(65(7,8)9)38-55(56)68-60-57(70)39-50(69(46-20-18-17-19-21-46)47-31-33-51(34-32-47)73(14,15)16)40-58(60)71(49-29-24-44(25-30-49)64(4,5)6)61-52-41-53-54(42-59(52)72-62(61)68)67(12,13)37-36-66(53,10)11/h17-35,38-42H,36-37H2,1-16H3. The number of rotatable bonds is 6. The summed E-state index contributed by atoms with van der Waals surface area (Å²) in [7, 11) is -0.929. The maximum atomic E-state index is 2.68. The quantitative estimate of drug-likeness (QED) is 0.154. The molecule has 73 heavy (non-hydrogen) atoms. The second-order valence-electron chi connectivity index (χ2n) is 26.6. The fraction of sp³-hybridized carbons (Fsp3) is 0.343. The maximum Gasteiger partial charge on any atom is 0.264 e. The van der Waals surface area contributed by atoms with Gasteiger partial charge in [-0.3, -0.25) is 0 Å². The molecule has 3 heterocycles. The molecule has 0 unspecified atom stereocenters. The van der Waals surface area contributed by atoms with Gasteiger partial charge in [-0.05, 0) is 193 Å². The molecule has 1 aromatic heterocycles. The number of para-hydroxylation sites is 1. The summed E-state index contributed by atoms with van der Waals surface area (Å²) in [6.07, 6.45) is 9.51. The smallest absolute Gasteiger partial charge is 0.264 e. The van der Waals surface area contributed by atoms with E-state index < -0.39 is 10.0 Å². The van der Waals surface area contributed by atoms with Gasteiger partial charge in [-0.25, -0.2) is 10.0 Å². The van der Waals surface area contributed by atoms with E-state index in [1.165, 1.54) is 105 Å². The predicted octanol–water partition coefficient (Wildman–Crippen LogP) is 17.7. The van der Waals surface area contributed by atoms with Crippen molar-refractivity contribution < 1.29 is 0 Å². The van der Waals surface area contributed by atoms with Gasteiger partial charge in [-0.1, -0.05) is 145 Å². The SMILES string of the molecule is CC(C)(C)c1ccc(N2c3ccc(C(C)(C)C)cc3B3c4sc5cc6c(cc5c4N(c4ccc(C(C)(C)C)cc4)c4cc(N(c5ccccc5)c5ccc(S(C)(C)C)cc5)cc2c43)C(C)(C)CCC6(C)C)cc1. The molecule has 2 aliphatic heterocycles. The molecule has 11 rings (SSSR count). The van der Waals surface area contributed by atoms with E-state index in [9.17, 15) is 0 Å². The lowest BCUT2D eigenvalue weighted by Crippen LogP contribution is -2.60. The molecule has 7 aromatic carbocycles. The van der Waals surface area contributed by atoms with E-state index in [2.05, 4.69) is 269 Å². The molecule has 374 valence electrons. The van der Waals surface area contributed by atoms with Crippen molar-refractivity contribution in [3.63, 3.8) is 0 Å². The van der Waals surface area contributed by atoms with Gasteiger partial charge in [0.1, 0.15) is 0 Å². The van der Waals surface area contributed by atoms with Crippen molar-refractivity contribution in [3.05, 3.63) is 173 Å². The molecule has 0 saturated heterocycles. The number of benzene rings is 7. The van der Waals surface area contributed by atoms with Crippen LogP contribution in [-0.2, 0) is 27.1 Å². The van der Waals surface area contributed by atoms with E-state index in [0.29, 0.717) is 0 Å². The normalized spacial score (nSPS) is 16.2. The first-order valence-electron chi connectivity index (χ1n) is 26.6. The molecular weight excluding hydrogens is 922 g/mol. The van der Waals surface area contributed by atoms with E-state index in [1.54, 1.807) is 0 Å². The van der Waals surface area contributed by atoms with Crippen molar-refractivity contribution >= 4 is 105 Å². The van der Waals surface area contributed by atoms with Crippen LogP contribution in [0.25, 0.3) is 10.1 Å². The zero-order valence-electron chi connectivity index (χ0n) is 46.5. The highest BCUT2D eigenvalue weighted by Gasteiger charge is 2.47. The summed E-state index contributed by atoms with van der Waals surface area (Å²) >= 11 is 2.04. The largest absolute Gasteiger partial charge is 0.311 e. The molecule has 0 bridgehead atoms. The third-order valence-electron chi connectivity index (χ3n) is 16.5. The van der Waals surface area contributed by atoms with Crippen LogP contribution in [0.2, 0.25) is 0 Å². The van der Waals surface area contributed by atoms with Crippen molar-refractivity contribution in [2.24, 2.45) is 0 Å². The lowest BCUT2D eigenvalue weighted by atomic mass is 9.36. The molecule has 8 aromatic rings. The van der Waals surface area contributed by atoms with E-state index in [-0.39, 0.29) is 33.8 Å². The molecular formula is C67H76BN3S2. The van der Waals surface area contributed by atoms with Gasteiger partial charge in [-0.15, -0.1) is 11.3 Å². The number of fused-ring (bicyclic) bond motifs is 7. The Labute approximate surface area is 444 Å². The Morgan fingerprint density at radius 2 is 1.00 bits per heavy atom. The topological polar surface area (TPSA) is 9.72 Å². The number of hydrogen-bond acceptors (Lipinski definition) is 4. The van der Waals surface area contributed by atoms with Gasteiger partial charge >= 0.3 is 0 Å². The minimum Gasteiger partial charge on any atom is -0.311 e. The van der Waals surface area contributed by atoms with Crippen LogP contribution in [-0.4, -0.2) is 25.5 Å². The van der Waals surface area contributed by atoms with Crippen LogP contribution >= 0.6 is 21.4 Å². The van der Waals surface area contributed by atoms with Crippen molar-refractivity contribution in [1.82, 2.24) is 0 Å². The zero-order chi connectivity index (χ0) is 51.9. The van der Waals surface area contributed by atoms with Crippen LogP contribution in [0.4, 0.5) is 51.2 Å². The molecule has 0 fully saturated rings. The Bertz CT molecular complexity index is 3430. The fourth-order valence-corrected chi connectivity index (χ4v) is 14.2. The summed E-state index contributed by atoms with van der Waals surface area (Å²) in [4.78, 5) is 9.18. The Morgan fingerprint density at radius 1 is 0.507 bits per heavy atom. The molecule has 0 atom stereocenters. The first-order valence-corrected chi connectivity index (χ1v) is 30.3. The van der Waals surface area contributed by atoms with Crippen molar-refractivity contribution in [1.29, 1.82) is 0 Å². The Morgan fingerprint density at radius 3 is 1.53 bits per heavy atom.